The number of nitriles is 1. The van der Waals surface area contributed by atoms with E-state index in [-0.39, 0.29) is 61.1 Å². The molecule has 45 heavy (non-hydrogen) atoms. The second kappa shape index (κ2) is 16.7. The van der Waals surface area contributed by atoms with Crippen LogP contribution in [0.3, 0.4) is 0 Å². The number of hydrogen-bond donors (Lipinski definition) is 1. The van der Waals surface area contributed by atoms with Gasteiger partial charge in [-0.25, -0.2) is 4.79 Å². The predicted octanol–water partition coefficient (Wildman–Crippen LogP) is 5.98. The first-order valence-corrected chi connectivity index (χ1v) is 17.4. The van der Waals surface area contributed by atoms with Gasteiger partial charge in [0.25, 0.3) is 0 Å². The summed E-state index contributed by atoms with van der Waals surface area (Å²) in [5.74, 6) is 0.0551. The summed E-state index contributed by atoms with van der Waals surface area (Å²) < 4.78 is 5.60. The van der Waals surface area contributed by atoms with Gasteiger partial charge in [0.05, 0.1) is 24.6 Å². The summed E-state index contributed by atoms with van der Waals surface area (Å²) in [4.78, 5) is 50.6. The quantitative estimate of drug-likeness (QED) is 0.305. The molecule has 1 saturated heterocycles. The molecule has 2 amide bonds. The number of nitrogens with one attached hydrogen (secondary N) is 1. The van der Waals surface area contributed by atoms with E-state index in [0.29, 0.717) is 12.5 Å². The van der Waals surface area contributed by atoms with Crippen molar-refractivity contribution in [2.45, 2.75) is 89.3 Å². The third kappa shape index (κ3) is 9.24. The number of thiophene rings is 1. The molecule has 9 nitrogen and oxygen atoms in total. The molecular formula is C35H45N5O4S. The van der Waals surface area contributed by atoms with Gasteiger partial charge in [-0.05, 0) is 48.8 Å². The van der Waals surface area contributed by atoms with Crippen LogP contribution in [0.1, 0.15) is 81.1 Å². The van der Waals surface area contributed by atoms with Crippen molar-refractivity contribution in [3.05, 3.63) is 52.2 Å². The van der Waals surface area contributed by atoms with E-state index in [1.54, 1.807) is 40.5 Å². The number of carbonyl (C=O) groups is 3. The standard InChI is InChI=1S/C35H45N5O4S/c36-21-27-12-7-8-16-33(27)44-35(43)39-17-18-40(31(25-39)32(41)24-37-23-30-15-9-19-45-30)34(42)28(20-26-10-3-1-4-11-26)22-38-29-13-5-2-6-14-29/h7-9,12,15-16,19,22,26,28-29,31,37H,1-6,10-11,13-14,17-18,20,23-25H2/b38-22+/t28?,31-/m0/s1. The Morgan fingerprint density at radius 2 is 1.78 bits per heavy atom. The molecule has 2 heterocycles. The maximum atomic E-state index is 14.4. The summed E-state index contributed by atoms with van der Waals surface area (Å²) >= 11 is 1.62. The van der Waals surface area contributed by atoms with Crippen LogP contribution in [0, 0.1) is 23.2 Å². The van der Waals surface area contributed by atoms with Crippen molar-refractivity contribution in [2.24, 2.45) is 16.8 Å². The van der Waals surface area contributed by atoms with E-state index in [4.69, 9.17) is 9.73 Å². The van der Waals surface area contributed by atoms with Gasteiger partial charge in [-0.15, -0.1) is 11.3 Å². The molecule has 2 saturated carbocycles. The summed E-state index contributed by atoms with van der Waals surface area (Å²) in [7, 11) is 0. The number of carbonyl (C=O) groups excluding carboxylic acids is 3. The van der Waals surface area contributed by atoms with Gasteiger partial charge in [-0.3, -0.25) is 14.6 Å². The van der Waals surface area contributed by atoms with E-state index in [1.165, 1.54) is 43.4 Å². The highest BCUT2D eigenvalue weighted by Crippen LogP contribution is 2.31. The summed E-state index contributed by atoms with van der Waals surface area (Å²) in [6, 6.07) is 12.1. The van der Waals surface area contributed by atoms with Crippen molar-refractivity contribution in [1.82, 2.24) is 15.1 Å². The SMILES string of the molecule is N#Cc1ccccc1OC(=O)N1CCN(C(=O)C(/C=N/C2CCCCC2)CC2CCCCC2)[C@H](C(=O)CNCc2cccs2)C1. The molecular weight excluding hydrogens is 586 g/mol. The van der Waals surface area contributed by atoms with Crippen LogP contribution in [-0.2, 0) is 16.1 Å². The largest absolute Gasteiger partial charge is 0.415 e. The van der Waals surface area contributed by atoms with Crippen molar-refractivity contribution in [1.29, 1.82) is 5.26 Å². The van der Waals surface area contributed by atoms with Gasteiger partial charge in [0.15, 0.2) is 11.5 Å². The van der Waals surface area contributed by atoms with Crippen LogP contribution in [0.4, 0.5) is 4.79 Å². The third-order valence-electron chi connectivity index (χ3n) is 9.36. The molecule has 10 heteroatoms. The van der Waals surface area contributed by atoms with Crippen LogP contribution in [0.5, 0.6) is 5.75 Å². The highest BCUT2D eigenvalue weighted by molar-refractivity contribution is 7.09. The van der Waals surface area contributed by atoms with Crippen molar-refractivity contribution >= 4 is 35.3 Å². The Bertz CT molecular complexity index is 1340. The minimum atomic E-state index is -0.808. The van der Waals surface area contributed by atoms with E-state index in [2.05, 4.69) is 5.32 Å². The number of ketones is 1. The van der Waals surface area contributed by atoms with Crippen LogP contribution >= 0.6 is 11.3 Å². The summed E-state index contributed by atoms with van der Waals surface area (Å²) in [6.45, 7) is 1.14. The maximum absolute atomic E-state index is 14.4. The molecule has 3 aliphatic rings. The number of Topliss-reactive ketones (excluding diaryl/α,β-unsaturated/α-hetero) is 1. The molecule has 1 aliphatic heterocycles. The van der Waals surface area contributed by atoms with Gasteiger partial charge in [0, 0.05) is 36.8 Å². The lowest BCUT2D eigenvalue weighted by molar-refractivity contribution is -0.144. The fraction of sp³-hybridized carbons (Fsp3) is 0.571. The zero-order valence-electron chi connectivity index (χ0n) is 26.1. The normalized spacial score (nSPS) is 20.6. The molecule has 0 bridgehead atoms. The molecule has 5 rings (SSSR count). The van der Waals surface area contributed by atoms with E-state index >= 15 is 0 Å². The third-order valence-corrected chi connectivity index (χ3v) is 10.2. The summed E-state index contributed by atoms with van der Waals surface area (Å²) in [6.07, 6.45) is 13.6. The fourth-order valence-electron chi connectivity index (χ4n) is 6.81. The Hall–Kier alpha value is -3.55. The van der Waals surface area contributed by atoms with E-state index in [0.717, 1.165) is 37.0 Å². The minimum absolute atomic E-state index is 0.0364. The number of amides is 2. The summed E-state index contributed by atoms with van der Waals surface area (Å²) in [5, 5.41) is 14.7. The van der Waals surface area contributed by atoms with Gasteiger partial charge in [-0.1, -0.05) is 69.6 Å². The topological polar surface area (TPSA) is 115 Å². The lowest BCUT2D eigenvalue weighted by Crippen LogP contribution is -2.62. The first kappa shape index (κ1) is 32.8. The minimum Gasteiger partial charge on any atom is -0.409 e. The Balaban J connectivity index is 1.33. The number of benzene rings is 1. The molecule has 2 aliphatic carbocycles. The molecule has 3 fully saturated rings. The Labute approximate surface area is 270 Å². The number of rotatable bonds is 11. The van der Waals surface area contributed by atoms with Crippen molar-refractivity contribution in [3.8, 4) is 11.8 Å². The molecule has 2 atom stereocenters. The average molecular weight is 632 g/mol. The number of nitrogens with zero attached hydrogens (tertiary/aromatic N) is 4. The lowest BCUT2D eigenvalue weighted by Gasteiger charge is -2.41. The number of ether oxygens (including phenoxy) is 1. The van der Waals surface area contributed by atoms with Gasteiger partial charge >= 0.3 is 6.09 Å². The van der Waals surface area contributed by atoms with Crippen molar-refractivity contribution < 1.29 is 19.1 Å². The highest BCUT2D eigenvalue weighted by atomic mass is 32.1. The molecule has 1 aromatic heterocycles. The first-order chi connectivity index (χ1) is 22.0. The average Bonchev–Trinajstić information content (AvgIpc) is 3.61. The number of para-hydroxylation sites is 1. The van der Waals surface area contributed by atoms with Gasteiger partial charge < -0.3 is 19.9 Å². The molecule has 1 aromatic carbocycles. The van der Waals surface area contributed by atoms with Gasteiger partial charge in [0.2, 0.25) is 5.91 Å². The number of hydrogen-bond acceptors (Lipinski definition) is 8. The highest BCUT2D eigenvalue weighted by Gasteiger charge is 2.40. The molecule has 2 aromatic rings. The number of aliphatic imine (C=N–C) groups is 1. The lowest BCUT2D eigenvalue weighted by atomic mass is 9.82. The van der Waals surface area contributed by atoms with Crippen LogP contribution < -0.4 is 10.1 Å². The zero-order valence-corrected chi connectivity index (χ0v) is 26.9. The first-order valence-electron chi connectivity index (χ1n) is 16.6. The van der Waals surface area contributed by atoms with Crippen LogP contribution in [0.25, 0.3) is 0 Å². The van der Waals surface area contributed by atoms with Gasteiger partial charge in [0.1, 0.15) is 12.1 Å². The molecule has 240 valence electrons. The number of piperazine rings is 1. The molecule has 0 spiro atoms. The van der Waals surface area contributed by atoms with Crippen molar-refractivity contribution in [3.63, 3.8) is 0 Å². The Kier molecular flexibility index (Phi) is 12.2. The molecule has 1 unspecified atom stereocenters. The predicted molar refractivity (Wildman–Crippen MR) is 175 cm³/mol. The van der Waals surface area contributed by atoms with E-state index in [1.807, 2.05) is 29.8 Å². The van der Waals surface area contributed by atoms with Crippen LogP contribution in [-0.4, -0.2) is 72.1 Å². The molecule has 0 radical (unpaired) electrons. The van der Waals surface area contributed by atoms with Crippen LogP contribution in [0.2, 0.25) is 0 Å². The maximum Gasteiger partial charge on any atom is 0.415 e. The summed E-state index contributed by atoms with van der Waals surface area (Å²) in [5.41, 5.74) is 0.257. The van der Waals surface area contributed by atoms with Crippen molar-refractivity contribution in [2.75, 3.05) is 26.2 Å². The smallest absolute Gasteiger partial charge is 0.409 e. The second-order valence-corrected chi connectivity index (χ2v) is 13.6. The van der Waals surface area contributed by atoms with Crippen LogP contribution in [0.15, 0.2) is 46.8 Å². The Morgan fingerprint density at radius 1 is 1.02 bits per heavy atom. The monoisotopic (exact) mass is 631 g/mol. The second-order valence-electron chi connectivity index (χ2n) is 12.6. The van der Waals surface area contributed by atoms with Gasteiger partial charge in [-0.2, -0.15) is 5.26 Å². The van der Waals surface area contributed by atoms with E-state index < -0.39 is 12.1 Å². The molecule has 1 N–H and O–H groups in total. The van der Waals surface area contributed by atoms with E-state index in [9.17, 15) is 19.6 Å². The Morgan fingerprint density at radius 3 is 2.51 bits per heavy atom. The fourth-order valence-corrected chi connectivity index (χ4v) is 7.49. The zero-order chi connectivity index (χ0) is 31.4.